The molecule has 0 bridgehead atoms. The van der Waals surface area contributed by atoms with E-state index in [1.165, 1.54) is 6.33 Å². The molecule has 0 saturated heterocycles. The molecule has 0 aliphatic carbocycles. The summed E-state index contributed by atoms with van der Waals surface area (Å²) in [4.78, 5) is 23.0. The molecule has 0 unspecified atom stereocenters. The molecule has 0 radical (unpaired) electrons. The summed E-state index contributed by atoms with van der Waals surface area (Å²) < 4.78 is 0. The van der Waals surface area contributed by atoms with Crippen molar-refractivity contribution >= 4 is 17.4 Å². The van der Waals surface area contributed by atoms with Gasteiger partial charge in [-0.1, -0.05) is 25.1 Å². The minimum Gasteiger partial charge on any atom is -0.357 e. The summed E-state index contributed by atoms with van der Waals surface area (Å²) >= 11 is 0. The van der Waals surface area contributed by atoms with E-state index in [1.54, 1.807) is 6.07 Å². The van der Waals surface area contributed by atoms with Crippen molar-refractivity contribution in [2.24, 2.45) is 0 Å². The molecule has 5 heteroatoms. The predicted molar refractivity (Wildman–Crippen MR) is 94.1 cm³/mol. The Bertz CT molecular complexity index is 680. The lowest BCUT2D eigenvalue weighted by Crippen LogP contribution is -2.24. The minimum absolute atomic E-state index is 0.204. The fourth-order valence-electron chi connectivity index (χ4n) is 2.57. The van der Waals surface area contributed by atoms with Crippen molar-refractivity contribution in [3.8, 4) is 0 Å². The lowest BCUT2D eigenvalue weighted by molar-refractivity contribution is 0.102. The highest BCUT2D eigenvalue weighted by molar-refractivity contribution is 6.04. The van der Waals surface area contributed by atoms with Crippen LogP contribution in [-0.2, 0) is 6.42 Å². The van der Waals surface area contributed by atoms with Crippen LogP contribution in [0.15, 0.2) is 30.6 Å². The normalized spacial score (nSPS) is 10.4. The lowest BCUT2D eigenvalue weighted by atomic mass is 10.1. The maximum absolute atomic E-state index is 12.6. The van der Waals surface area contributed by atoms with Gasteiger partial charge in [-0.05, 0) is 38.3 Å². The van der Waals surface area contributed by atoms with E-state index < -0.39 is 0 Å². The zero-order valence-electron chi connectivity index (χ0n) is 14.3. The number of nitrogens with zero attached hydrogens (tertiary/aromatic N) is 3. The maximum atomic E-state index is 12.6. The molecule has 0 atom stereocenters. The van der Waals surface area contributed by atoms with E-state index in [2.05, 4.69) is 41.0 Å². The molecule has 0 aliphatic rings. The van der Waals surface area contributed by atoms with E-state index in [9.17, 15) is 4.79 Å². The molecule has 2 rings (SSSR count). The fourth-order valence-corrected chi connectivity index (χ4v) is 2.57. The van der Waals surface area contributed by atoms with Gasteiger partial charge in [-0.2, -0.15) is 0 Å². The molecule has 23 heavy (non-hydrogen) atoms. The van der Waals surface area contributed by atoms with Crippen molar-refractivity contribution in [1.82, 2.24) is 9.97 Å². The number of anilines is 2. The smallest absolute Gasteiger partial charge is 0.274 e. The third kappa shape index (κ3) is 3.86. The predicted octanol–water partition coefficient (Wildman–Crippen LogP) is 3.45. The van der Waals surface area contributed by atoms with Crippen LogP contribution in [0.5, 0.6) is 0 Å². The van der Waals surface area contributed by atoms with Gasteiger partial charge in [0.2, 0.25) is 0 Å². The second-order valence-corrected chi connectivity index (χ2v) is 5.35. The number of benzene rings is 1. The van der Waals surface area contributed by atoms with Gasteiger partial charge in [-0.3, -0.25) is 4.79 Å². The van der Waals surface area contributed by atoms with Crippen LogP contribution >= 0.6 is 0 Å². The topological polar surface area (TPSA) is 58.1 Å². The number of carbonyl (C=O) groups excluding carboxylic acids is 1. The van der Waals surface area contributed by atoms with Crippen molar-refractivity contribution < 1.29 is 4.79 Å². The number of hydrogen-bond donors (Lipinski definition) is 1. The van der Waals surface area contributed by atoms with Crippen LogP contribution in [0.2, 0.25) is 0 Å². The van der Waals surface area contributed by atoms with Gasteiger partial charge in [0.25, 0.3) is 5.91 Å². The Labute approximate surface area is 137 Å². The molecule has 1 heterocycles. The molecule has 2 aromatic rings. The van der Waals surface area contributed by atoms with Gasteiger partial charge < -0.3 is 10.2 Å². The summed E-state index contributed by atoms with van der Waals surface area (Å²) in [5.41, 5.74) is 3.43. The summed E-state index contributed by atoms with van der Waals surface area (Å²) in [6.45, 7) is 9.88. The van der Waals surface area contributed by atoms with E-state index in [4.69, 9.17) is 0 Å². The molecule has 1 amide bonds. The maximum Gasteiger partial charge on any atom is 0.274 e. The van der Waals surface area contributed by atoms with Gasteiger partial charge in [0.1, 0.15) is 17.8 Å². The third-order valence-corrected chi connectivity index (χ3v) is 3.95. The summed E-state index contributed by atoms with van der Waals surface area (Å²) in [7, 11) is 0. The van der Waals surface area contributed by atoms with Crippen LogP contribution in [0.3, 0.4) is 0 Å². The van der Waals surface area contributed by atoms with E-state index in [0.29, 0.717) is 5.69 Å². The van der Waals surface area contributed by atoms with E-state index in [0.717, 1.165) is 42.1 Å². The number of aryl methyl sites for hydroxylation is 2. The van der Waals surface area contributed by atoms with Crippen LogP contribution < -0.4 is 10.2 Å². The van der Waals surface area contributed by atoms with Crippen molar-refractivity contribution in [2.45, 2.75) is 34.1 Å². The highest BCUT2D eigenvalue weighted by Gasteiger charge is 2.14. The van der Waals surface area contributed by atoms with Crippen LogP contribution in [0.25, 0.3) is 0 Å². The average molecular weight is 312 g/mol. The Hall–Kier alpha value is -2.43. The number of aromatic nitrogens is 2. The number of rotatable bonds is 6. The standard InChI is InChI=1S/C18H24N4O/c1-5-14-10-8-9-13(4)17(14)21-18(23)15-11-16(20-12-19-15)22(6-2)7-3/h8-12H,5-7H2,1-4H3,(H,21,23). The molecular weight excluding hydrogens is 288 g/mol. The first-order valence-corrected chi connectivity index (χ1v) is 8.07. The third-order valence-electron chi connectivity index (χ3n) is 3.95. The minimum atomic E-state index is -0.204. The number of nitrogens with one attached hydrogen (secondary N) is 1. The molecular formula is C18H24N4O. The van der Waals surface area contributed by atoms with E-state index in [-0.39, 0.29) is 5.91 Å². The summed E-state index contributed by atoms with van der Waals surface area (Å²) in [6, 6.07) is 7.78. The molecule has 0 spiro atoms. The van der Waals surface area contributed by atoms with Gasteiger partial charge in [0.05, 0.1) is 0 Å². The second-order valence-electron chi connectivity index (χ2n) is 5.35. The van der Waals surface area contributed by atoms with E-state index in [1.807, 2.05) is 25.1 Å². The SMILES string of the molecule is CCc1cccc(C)c1NC(=O)c1cc(N(CC)CC)ncn1. The zero-order valence-corrected chi connectivity index (χ0v) is 14.3. The first-order chi connectivity index (χ1) is 11.1. The number of amides is 1. The first-order valence-electron chi connectivity index (χ1n) is 8.07. The average Bonchev–Trinajstić information content (AvgIpc) is 2.58. The summed E-state index contributed by atoms with van der Waals surface area (Å²) in [6.07, 6.45) is 2.31. The number of carbonyl (C=O) groups is 1. The van der Waals surface area contributed by atoms with Crippen LogP contribution in [0, 0.1) is 6.92 Å². The molecule has 0 saturated carbocycles. The summed E-state index contributed by atoms with van der Waals surface area (Å²) in [5.74, 6) is 0.570. The highest BCUT2D eigenvalue weighted by atomic mass is 16.1. The molecule has 5 nitrogen and oxygen atoms in total. The molecule has 1 N–H and O–H groups in total. The second kappa shape index (κ2) is 7.72. The zero-order chi connectivity index (χ0) is 16.8. The molecule has 1 aromatic heterocycles. The van der Waals surface area contributed by atoms with Crippen LogP contribution in [-0.4, -0.2) is 29.0 Å². The van der Waals surface area contributed by atoms with Gasteiger partial charge in [0, 0.05) is 24.8 Å². The first kappa shape index (κ1) is 16.9. The molecule has 0 fully saturated rings. The quantitative estimate of drug-likeness (QED) is 0.887. The Morgan fingerprint density at radius 3 is 2.57 bits per heavy atom. The lowest BCUT2D eigenvalue weighted by Gasteiger charge is -2.19. The van der Waals surface area contributed by atoms with Crippen molar-refractivity contribution in [1.29, 1.82) is 0 Å². The van der Waals surface area contributed by atoms with Gasteiger partial charge >= 0.3 is 0 Å². The van der Waals surface area contributed by atoms with Crippen molar-refractivity contribution in [3.63, 3.8) is 0 Å². The highest BCUT2D eigenvalue weighted by Crippen LogP contribution is 2.22. The Balaban J connectivity index is 2.27. The Morgan fingerprint density at radius 1 is 1.17 bits per heavy atom. The number of hydrogen-bond acceptors (Lipinski definition) is 4. The van der Waals surface area contributed by atoms with Crippen molar-refractivity contribution in [3.05, 3.63) is 47.4 Å². The van der Waals surface area contributed by atoms with Gasteiger partial charge in [0.15, 0.2) is 0 Å². The monoisotopic (exact) mass is 312 g/mol. The Morgan fingerprint density at radius 2 is 1.91 bits per heavy atom. The summed E-state index contributed by atoms with van der Waals surface area (Å²) in [5, 5.41) is 3.00. The van der Waals surface area contributed by atoms with Crippen molar-refractivity contribution in [2.75, 3.05) is 23.3 Å². The molecule has 122 valence electrons. The molecule has 0 aliphatic heterocycles. The van der Waals surface area contributed by atoms with E-state index >= 15 is 0 Å². The van der Waals surface area contributed by atoms with Gasteiger partial charge in [-0.15, -0.1) is 0 Å². The van der Waals surface area contributed by atoms with Crippen LogP contribution in [0.1, 0.15) is 42.4 Å². The Kier molecular flexibility index (Phi) is 5.68. The largest absolute Gasteiger partial charge is 0.357 e. The molecule has 1 aromatic carbocycles. The van der Waals surface area contributed by atoms with Crippen LogP contribution in [0.4, 0.5) is 11.5 Å². The van der Waals surface area contributed by atoms with Gasteiger partial charge in [-0.25, -0.2) is 9.97 Å². The fraction of sp³-hybridized carbons (Fsp3) is 0.389. The number of para-hydroxylation sites is 1.